The van der Waals surface area contributed by atoms with Crippen molar-refractivity contribution in [3.63, 3.8) is 0 Å². The van der Waals surface area contributed by atoms with Crippen LogP contribution < -0.4 is 29.6 Å². The van der Waals surface area contributed by atoms with Crippen LogP contribution in [0.5, 0.6) is 0 Å². The van der Waals surface area contributed by atoms with E-state index in [1.165, 1.54) is 0 Å². The van der Waals surface area contributed by atoms with Crippen molar-refractivity contribution >= 4 is 75.4 Å². The largest absolute Gasteiger partial charge is 2.00 e. The van der Waals surface area contributed by atoms with Crippen LogP contribution in [-0.2, 0) is 0 Å². The Morgan fingerprint density at radius 1 is 1.50 bits per heavy atom. The van der Waals surface area contributed by atoms with Crippen molar-refractivity contribution in [2.45, 2.75) is 0 Å². The van der Waals surface area contributed by atoms with Crippen molar-refractivity contribution in [3.8, 4) is 0 Å². The molecule has 0 aliphatic rings. The summed E-state index contributed by atoms with van der Waals surface area (Å²) in [5.74, 6) is 0. The van der Waals surface area contributed by atoms with E-state index >= 15 is 0 Å². The van der Waals surface area contributed by atoms with Gasteiger partial charge in [-0.2, -0.15) is 0 Å². The Bertz CT molecular complexity index is 14.9. The molecule has 0 rings (SSSR count). The zero-order valence-electron chi connectivity index (χ0n) is 5.62. The molecule has 16 valence electrons. The van der Waals surface area contributed by atoms with Crippen LogP contribution in [0.25, 0.3) is 0 Å². The van der Waals surface area contributed by atoms with Gasteiger partial charge >= 0.3 is 105 Å². The number of hydrogen-bond acceptors (Lipinski definition) is 1. The van der Waals surface area contributed by atoms with Crippen LogP contribution in [0.1, 0.15) is 4.28 Å². The number of hydrogen-bond donors (Lipinski definition) is 0. The normalized spacial score (nSPS) is 1.00. The fourth-order valence-electron chi connectivity index (χ4n) is 0. The minimum atomic E-state index is 0. The minimum absolute atomic E-state index is 0. The zero-order valence-corrected chi connectivity index (χ0v) is 11.8. The third-order valence-corrected chi connectivity index (χ3v) is 0. The van der Waals surface area contributed by atoms with E-state index < -0.39 is 0 Å². The molecule has 0 heterocycles. The summed E-state index contributed by atoms with van der Waals surface area (Å²) in [5.41, 5.74) is 0. The van der Waals surface area contributed by atoms with E-state index in [1.54, 1.807) is 0 Å². The van der Waals surface area contributed by atoms with Crippen LogP contribution in [0, 0.1) is 0 Å². The Morgan fingerprint density at radius 3 is 1.50 bits per heavy atom. The molecule has 0 nitrogen and oxygen atoms in total. The van der Waals surface area contributed by atoms with Gasteiger partial charge in [0.25, 0.3) is 0 Å². The molecule has 0 aromatic heterocycles. The van der Waals surface area contributed by atoms with Crippen molar-refractivity contribution in [2.24, 2.45) is 0 Å². The molecule has 0 atom stereocenters. The molecule has 0 N–H and O–H groups in total. The van der Waals surface area contributed by atoms with Gasteiger partial charge in [-0.25, -0.2) is 0 Å². The van der Waals surface area contributed by atoms with Crippen LogP contribution in [0.15, 0.2) is 0 Å². The van der Waals surface area contributed by atoms with E-state index in [1.807, 2.05) is 0 Å². The molecule has 0 bridgehead atoms. The second-order valence-corrected chi connectivity index (χ2v) is 0. The van der Waals surface area contributed by atoms with Crippen molar-refractivity contribution in [3.05, 3.63) is 0 Å². The molecule has 4 heteroatoms. The van der Waals surface area contributed by atoms with Crippen LogP contribution >= 0.6 is 9.29 Å². The van der Waals surface area contributed by atoms with Gasteiger partial charge in [-0.15, -0.1) is 0 Å². The van der Waals surface area contributed by atoms with Crippen LogP contribution in [0.2, 0.25) is 0 Å². The molecule has 0 aromatic rings. The molecule has 2 radical (unpaired) electrons. The van der Waals surface area contributed by atoms with Crippen LogP contribution in [0.3, 0.4) is 0 Å². The van der Waals surface area contributed by atoms with Crippen LogP contribution in [-0.4, -0.2) is 66.1 Å². The molecule has 0 saturated heterocycles. The van der Waals surface area contributed by atoms with Gasteiger partial charge < -0.3 is 4.28 Å². The average Bonchev–Trinajstić information content (AvgIpc) is 1.00. The van der Waals surface area contributed by atoms with Crippen molar-refractivity contribution in [1.29, 1.82) is 0 Å². The SMILES string of the molecule is [H-].[H-].[H-].[Na+].[S]=[Sn].[Sr+2]. The standard InChI is InChI=1S/Na.S.Sn.Sr.3H/q+1;;;+2;3*-1. The van der Waals surface area contributed by atoms with Gasteiger partial charge in [-0.1, -0.05) is 0 Å². The van der Waals surface area contributed by atoms with Gasteiger partial charge in [0.1, 0.15) is 0 Å². The smallest absolute Gasteiger partial charge is 2.00 e. The first-order valence-corrected chi connectivity index (χ1v) is 4.11. The van der Waals surface area contributed by atoms with Crippen LogP contribution in [0.4, 0.5) is 0 Å². The summed E-state index contributed by atoms with van der Waals surface area (Å²) in [6.45, 7) is 0. The summed E-state index contributed by atoms with van der Waals surface area (Å²) >= 11 is 1.13. The van der Waals surface area contributed by atoms with Gasteiger partial charge in [0.2, 0.25) is 0 Å². The molecule has 0 saturated carbocycles. The maximum Gasteiger partial charge on any atom is 2.00 e. The van der Waals surface area contributed by atoms with E-state index in [0.717, 1.165) is 20.6 Å². The van der Waals surface area contributed by atoms with E-state index in [2.05, 4.69) is 9.29 Å². The first-order valence-electron chi connectivity index (χ1n) is 0.204. The molecular formula is H3NaSSnSr. The maximum atomic E-state index is 4.17. The second kappa shape index (κ2) is 16.1. The Morgan fingerprint density at radius 2 is 1.50 bits per heavy atom. The van der Waals surface area contributed by atoms with E-state index in [-0.39, 0.29) is 79.3 Å². The summed E-state index contributed by atoms with van der Waals surface area (Å²) in [4.78, 5) is 0. The number of rotatable bonds is 0. The predicted octanol–water partition coefficient (Wildman–Crippen LogP) is -2.77. The van der Waals surface area contributed by atoms with Crippen molar-refractivity contribution in [2.75, 3.05) is 0 Å². The predicted molar refractivity (Wildman–Crippen MR) is 22.4 cm³/mol. The molecular weight excluding hydrogens is 261 g/mol. The molecule has 0 aliphatic heterocycles. The summed E-state index contributed by atoms with van der Waals surface area (Å²) in [6, 6.07) is 0. The summed E-state index contributed by atoms with van der Waals surface area (Å²) in [5, 5.41) is 0. The van der Waals surface area contributed by atoms with Gasteiger partial charge in [-0.3, -0.25) is 0 Å². The molecule has 0 fully saturated rings. The van der Waals surface area contributed by atoms with Gasteiger partial charge in [0.15, 0.2) is 0 Å². The second-order valence-electron chi connectivity index (χ2n) is 0. The Hall–Kier alpha value is 3.50. The quantitative estimate of drug-likeness (QED) is 0.427. The first kappa shape index (κ1) is 15.6. The van der Waals surface area contributed by atoms with E-state index in [0.29, 0.717) is 0 Å². The first-order chi connectivity index (χ1) is 1.00. The Balaban J connectivity index is -0.000000000500. The summed E-state index contributed by atoms with van der Waals surface area (Å²) in [6.07, 6.45) is 0. The maximum absolute atomic E-state index is 4.17. The van der Waals surface area contributed by atoms with E-state index in [9.17, 15) is 0 Å². The molecule has 4 heavy (non-hydrogen) atoms. The van der Waals surface area contributed by atoms with Crippen molar-refractivity contribution in [1.82, 2.24) is 0 Å². The summed E-state index contributed by atoms with van der Waals surface area (Å²) < 4.78 is 0. The Labute approximate surface area is 106 Å². The minimum Gasteiger partial charge on any atom is 2.00 e. The van der Waals surface area contributed by atoms with Gasteiger partial charge in [0.05, 0.1) is 0 Å². The topological polar surface area (TPSA) is 0 Å². The third-order valence-electron chi connectivity index (χ3n) is 0. The van der Waals surface area contributed by atoms with Gasteiger partial charge in [0, 0.05) is 0 Å². The van der Waals surface area contributed by atoms with E-state index in [4.69, 9.17) is 0 Å². The fourth-order valence-corrected chi connectivity index (χ4v) is 0. The van der Waals surface area contributed by atoms with Crippen molar-refractivity contribution < 1.29 is 33.8 Å². The Kier molecular flexibility index (Phi) is 62.8. The molecule has 0 aromatic carbocycles. The zero-order chi connectivity index (χ0) is 2.00. The molecule has 0 aliphatic carbocycles. The molecule has 0 unspecified atom stereocenters. The molecule has 0 amide bonds. The molecule has 0 spiro atoms. The average molecular weight is 264 g/mol. The summed E-state index contributed by atoms with van der Waals surface area (Å²) in [7, 11) is 4.17. The van der Waals surface area contributed by atoms with Gasteiger partial charge in [-0.05, 0) is 0 Å². The third kappa shape index (κ3) is 9.09. The fraction of sp³-hybridized carbons (Fsp3) is 0. The monoisotopic (exact) mass is 266 g/mol.